The van der Waals surface area contributed by atoms with Crippen molar-refractivity contribution in [2.45, 2.75) is 26.3 Å². The first-order chi connectivity index (χ1) is 21.0. The first-order valence-electron chi connectivity index (χ1n) is 14.6. The molecule has 226 valence electrons. The molecule has 0 radical (unpaired) electrons. The number of amides is 2. The number of hydrogen-bond acceptors (Lipinski definition) is 6. The minimum atomic E-state index is -0.166. The summed E-state index contributed by atoms with van der Waals surface area (Å²) in [6, 6.07) is 27.4. The number of rotatable bonds is 16. The molecule has 4 rings (SSSR count). The molecule has 4 aromatic rings. The monoisotopic (exact) mass is 600 g/mol. The maximum atomic E-state index is 13.8. The fourth-order valence-corrected chi connectivity index (χ4v) is 5.54. The first-order valence-corrected chi connectivity index (χ1v) is 15.4. The van der Waals surface area contributed by atoms with E-state index in [-0.39, 0.29) is 18.4 Å². The minimum absolute atomic E-state index is 0.0112. The maximum Gasteiger partial charge on any atom is 0.254 e. The molecule has 2 amide bonds. The van der Waals surface area contributed by atoms with E-state index in [2.05, 4.69) is 0 Å². The lowest BCUT2D eigenvalue weighted by molar-refractivity contribution is -0.132. The second kappa shape index (κ2) is 16.5. The topological polar surface area (TPSA) is 68.3 Å². The Morgan fingerprint density at radius 1 is 0.791 bits per heavy atom. The van der Waals surface area contributed by atoms with Gasteiger partial charge in [-0.05, 0) is 72.2 Å². The summed E-state index contributed by atoms with van der Waals surface area (Å²) in [7, 11) is 3.22. The van der Waals surface area contributed by atoms with Crippen LogP contribution in [0.15, 0.2) is 90.3 Å². The fourth-order valence-electron chi connectivity index (χ4n) is 4.82. The Morgan fingerprint density at radius 2 is 1.53 bits per heavy atom. The molecule has 0 saturated carbocycles. The van der Waals surface area contributed by atoms with Gasteiger partial charge in [0.1, 0.15) is 6.54 Å². The lowest BCUT2D eigenvalue weighted by atomic mass is 10.0. The molecule has 0 spiro atoms. The van der Waals surface area contributed by atoms with Gasteiger partial charge in [-0.15, -0.1) is 11.3 Å². The van der Waals surface area contributed by atoms with E-state index in [1.165, 1.54) is 0 Å². The van der Waals surface area contributed by atoms with E-state index in [0.717, 1.165) is 21.6 Å². The van der Waals surface area contributed by atoms with Gasteiger partial charge in [-0.3, -0.25) is 9.59 Å². The number of ether oxygens (including phenoxy) is 3. The van der Waals surface area contributed by atoms with Crippen LogP contribution in [0.5, 0.6) is 11.5 Å². The zero-order valence-electron chi connectivity index (χ0n) is 25.2. The second-order valence-electron chi connectivity index (χ2n) is 10.1. The van der Waals surface area contributed by atoms with Gasteiger partial charge in [0.2, 0.25) is 5.91 Å². The summed E-state index contributed by atoms with van der Waals surface area (Å²) in [4.78, 5) is 32.2. The van der Waals surface area contributed by atoms with Crippen LogP contribution in [-0.2, 0) is 22.5 Å². The van der Waals surface area contributed by atoms with Crippen LogP contribution in [0.25, 0.3) is 11.1 Å². The summed E-state index contributed by atoms with van der Waals surface area (Å²) in [6.07, 6.45) is 1.28. The van der Waals surface area contributed by atoms with Crippen LogP contribution < -0.4 is 9.47 Å². The van der Waals surface area contributed by atoms with Crippen LogP contribution in [0.1, 0.15) is 34.1 Å². The number of methoxy groups -OCH3 is 2. The summed E-state index contributed by atoms with van der Waals surface area (Å²) >= 11 is 1.61. The lowest BCUT2D eigenvalue weighted by Gasteiger charge is -2.28. The molecule has 43 heavy (non-hydrogen) atoms. The Hall–Kier alpha value is -4.14. The zero-order chi connectivity index (χ0) is 30.4. The number of thiophene rings is 1. The van der Waals surface area contributed by atoms with E-state index in [1.54, 1.807) is 30.5 Å². The first kappa shape index (κ1) is 31.8. The summed E-state index contributed by atoms with van der Waals surface area (Å²) in [5.41, 5.74) is 3.71. The second-order valence-corrected chi connectivity index (χ2v) is 11.1. The largest absolute Gasteiger partial charge is 0.493 e. The molecule has 0 saturated heterocycles. The van der Waals surface area contributed by atoms with Crippen molar-refractivity contribution in [2.75, 3.05) is 47.1 Å². The molecule has 0 aliphatic heterocycles. The van der Waals surface area contributed by atoms with Crippen molar-refractivity contribution in [2.24, 2.45) is 0 Å². The minimum Gasteiger partial charge on any atom is -0.493 e. The zero-order valence-corrected chi connectivity index (χ0v) is 26.0. The van der Waals surface area contributed by atoms with Crippen molar-refractivity contribution < 1.29 is 23.8 Å². The average Bonchev–Trinajstić information content (AvgIpc) is 3.57. The lowest BCUT2D eigenvalue weighted by Crippen LogP contribution is -2.44. The van der Waals surface area contributed by atoms with Crippen molar-refractivity contribution in [1.82, 2.24) is 9.80 Å². The van der Waals surface area contributed by atoms with E-state index in [1.807, 2.05) is 102 Å². The predicted molar refractivity (Wildman–Crippen MR) is 172 cm³/mol. The van der Waals surface area contributed by atoms with Crippen LogP contribution >= 0.6 is 11.3 Å². The Morgan fingerprint density at radius 3 is 2.21 bits per heavy atom. The van der Waals surface area contributed by atoms with Gasteiger partial charge in [0.05, 0.1) is 20.8 Å². The molecule has 7 nitrogen and oxygen atoms in total. The van der Waals surface area contributed by atoms with Crippen LogP contribution in [0.3, 0.4) is 0 Å². The molecule has 1 heterocycles. The van der Waals surface area contributed by atoms with Gasteiger partial charge in [0.25, 0.3) is 5.91 Å². The quantitative estimate of drug-likeness (QED) is 0.136. The van der Waals surface area contributed by atoms with Gasteiger partial charge >= 0.3 is 0 Å². The normalized spacial score (nSPS) is 10.8. The van der Waals surface area contributed by atoms with E-state index in [4.69, 9.17) is 14.2 Å². The van der Waals surface area contributed by atoms with Crippen LogP contribution in [0.2, 0.25) is 0 Å². The van der Waals surface area contributed by atoms with Crippen LogP contribution in [0.4, 0.5) is 0 Å². The van der Waals surface area contributed by atoms with Crippen molar-refractivity contribution in [1.29, 1.82) is 0 Å². The van der Waals surface area contributed by atoms with Gasteiger partial charge in [-0.1, -0.05) is 54.6 Å². The van der Waals surface area contributed by atoms with Gasteiger partial charge in [-0.25, -0.2) is 0 Å². The summed E-state index contributed by atoms with van der Waals surface area (Å²) in [5, 5.41) is 2.01. The third-order valence-electron chi connectivity index (χ3n) is 7.17. The summed E-state index contributed by atoms with van der Waals surface area (Å²) in [6.45, 7) is 4.48. The third-order valence-corrected chi connectivity index (χ3v) is 8.03. The number of benzene rings is 3. The molecular weight excluding hydrogens is 560 g/mol. The summed E-state index contributed by atoms with van der Waals surface area (Å²) in [5.74, 6) is 1.05. The molecule has 0 unspecified atom stereocenters. The Balaban J connectivity index is 1.50. The molecule has 3 aromatic carbocycles. The molecule has 0 aliphatic rings. The number of carbonyl (C=O) groups is 2. The standard InChI is InChI=1S/C35H40N2O5S/c1-4-42-22-9-20-37(35(39)30-16-14-29(15-17-30)28-10-6-5-7-11-28)26-34(38)36(25-31-12-8-23-43-31)21-19-27-13-18-32(40-2)33(24-27)41-3/h5-8,10-18,23-24H,4,9,19-22,25-26H2,1-3H3. The molecule has 0 aliphatic carbocycles. The molecular formula is C35H40N2O5S. The highest BCUT2D eigenvalue weighted by Gasteiger charge is 2.23. The van der Waals surface area contributed by atoms with Crippen molar-refractivity contribution in [3.8, 4) is 22.6 Å². The van der Waals surface area contributed by atoms with Crippen molar-refractivity contribution in [3.05, 3.63) is 106 Å². The van der Waals surface area contributed by atoms with Gasteiger partial charge in [0.15, 0.2) is 11.5 Å². The number of nitrogens with zero attached hydrogens (tertiary/aromatic N) is 2. The van der Waals surface area contributed by atoms with Gasteiger partial charge < -0.3 is 24.0 Å². The smallest absolute Gasteiger partial charge is 0.254 e. The van der Waals surface area contributed by atoms with Crippen molar-refractivity contribution in [3.63, 3.8) is 0 Å². The highest BCUT2D eigenvalue weighted by molar-refractivity contribution is 7.09. The van der Waals surface area contributed by atoms with Gasteiger partial charge in [-0.2, -0.15) is 0 Å². The van der Waals surface area contributed by atoms with Crippen LogP contribution in [0, 0.1) is 0 Å². The van der Waals surface area contributed by atoms with Gasteiger partial charge in [0, 0.05) is 36.7 Å². The molecule has 0 bridgehead atoms. The Bertz CT molecular complexity index is 1420. The Labute approximate surface area is 258 Å². The SMILES string of the molecule is CCOCCCN(CC(=O)N(CCc1ccc(OC)c(OC)c1)Cc1cccs1)C(=O)c1ccc(-c2ccccc2)cc1. The number of carbonyl (C=O) groups excluding carboxylic acids is 2. The molecule has 1 aromatic heterocycles. The third kappa shape index (κ3) is 9.17. The van der Waals surface area contributed by atoms with E-state index < -0.39 is 0 Å². The highest BCUT2D eigenvalue weighted by Crippen LogP contribution is 2.28. The van der Waals surface area contributed by atoms with E-state index in [9.17, 15) is 9.59 Å². The highest BCUT2D eigenvalue weighted by atomic mass is 32.1. The molecule has 8 heteroatoms. The molecule has 0 fully saturated rings. The maximum absolute atomic E-state index is 13.8. The van der Waals surface area contributed by atoms with Crippen LogP contribution in [-0.4, -0.2) is 68.7 Å². The fraction of sp³-hybridized carbons (Fsp3) is 0.314. The predicted octanol–water partition coefficient (Wildman–Crippen LogP) is 6.57. The number of hydrogen-bond donors (Lipinski definition) is 0. The molecule has 0 atom stereocenters. The average molecular weight is 601 g/mol. The molecule has 0 N–H and O–H groups in total. The van der Waals surface area contributed by atoms with E-state index in [0.29, 0.717) is 62.8 Å². The summed E-state index contributed by atoms with van der Waals surface area (Å²) < 4.78 is 16.4. The van der Waals surface area contributed by atoms with Crippen molar-refractivity contribution >= 4 is 23.2 Å². The van der Waals surface area contributed by atoms with E-state index >= 15 is 0 Å². The Kier molecular flexibility index (Phi) is 12.2.